The van der Waals surface area contributed by atoms with Crippen molar-refractivity contribution in [1.82, 2.24) is 9.78 Å². The molecule has 0 amide bonds. The number of aromatic nitrogens is 2. The topological polar surface area (TPSA) is 54.0 Å². The van der Waals surface area contributed by atoms with E-state index in [9.17, 15) is 8.78 Å². The first kappa shape index (κ1) is 20.1. The summed E-state index contributed by atoms with van der Waals surface area (Å²) in [6.45, 7) is 4.47. The number of hydrogen-bond donors (Lipinski definition) is 1. The number of allylic oxidation sites excluding steroid dienone is 1. The van der Waals surface area contributed by atoms with Crippen LogP contribution < -0.4 is 0 Å². The second-order valence-corrected chi connectivity index (χ2v) is 8.27. The molecule has 0 aliphatic heterocycles. The first-order valence-electron chi connectivity index (χ1n) is 9.45. The van der Waals surface area contributed by atoms with Crippen molar-refractivity contribution in [3.05, 3.63) is 58.9 Å². The number of nitrogens with zero attached hydrogens (tertiary/aromatic N) is 3. The van der Waals surface area contributed by atoms with Crippen LogP contribution in [-0.2, 0) is 13.5 Å². The number of halogens is 2. The zero-order valence-electron chi connectivity index (χ0n) is 16.5. The Balaban J connectivity index is 1.84. The van der Waals surface area contributed by atoms with Gasteiger partial charge >= 0.3 is 0 Å². The number of aryl methyl sites for hydroxylation is 1. The number of nitrogens with one attached hydrogen (secondary N) is 1. The first-order valence-corrected chi connectivity index (χ1v) is 9.45. The van der Waals surface area contributed by atoms with Gasteiger partial charge in [0.25, 0.3) is 0 Å². The standard InChI is InChI=1S/C22H26F2N4/c1-22(2)12-17(18(13-22)21-6-8-27-28(21)3)9-16-11-19(23)15(10-20(16)24)5-4-7-26-14-25/h4-8,10-11,14,17-18,25H,9,12-13H2,1-3H3/b5-4+,25-14?,26-7-. The summed E-state index contributed by atoms with van der Waals surface area (Å²) in [5, 5.41) is 11.1. The zero-order valence-corrected chi connectivity index (χ0v) is 16.5. The van der Waals surface area contributed by atoms with Crippen molar-refractivity contribution < 1.29 is 8.78 Å². The molecular formula is C22H26F2N4. The largest absolute Gasteiger partial charge is 0.290 e. The van der Waals surface area contributed by atoms with Gasteiger partial charge in [0.1, 0.15) is 18.0 Å². The highest BCUT2D eigenvalue weighted by molar-refractivity contribution is 5.83. The van der Waals surface area contributed by atoms with Crippen LogP contribution in [0.3, 0.4) is 0 Å². The van der Waals surface area contributed by atoms with Crippen molar-refractivity contribution in [2.45, 2.75) is 39.0 Å². The van der Waals surface area contributed by atoms with Gasteiger partial charge in [-0.05, 0) is 60.4 Å². The molecule has 2 aromatic rings. The third-order valence-electron chi connectivity index (χ3n) is 5.57. The molecule has 2 atom stereocenters. The predicted molar refractivity (Wildman–Crippen MR) is 109 cm³/mol. The lowest BCUT2D eigenvalue weighted by atomic mass is 9.87. The van der Waals surface area contributed by atoms with E-state index in [-0.39, 0.29) is 22.8 Å². The molecule has 1 aromatic heterocycles. The van der Waals surface area contributed by atoms with Gasteiger partial charge in [0.15, 0.2) is 0 Å². The van der Waals surface area contributed by atoms with Crippen molar-refractivity contribution in [1.29, 1.82) is 5.41 Å². The van der Waals surface area contributed by atoms with Gasteiger partial charge in [0.2, 0.25) is 0 Å². The van der Waals surface area contributed by atoms with Crippen LogP contribution in [0, 0.1) is 28.4 Å². The molecule has 2 unspecified atom stereocenters. The third-order valence-corrected chi connectivity index (χ3v) is 5.57. The van der Waals surface area contributed by atoms with E-state index in [4.69, 9.17) is 5.41 Å². The molecule has 0 bridgehead atoms. The molecule has 28 heavy (non-hydrogen) atoms. The molecule has 1 aromatic carbocycles. The summed E-state index contributed by atoms with van der Waals surface area (Å²) in [5.41, 5.74) is 1.90. The number of hydrogen-bond acceptors (Lipinski definition) is 2. The lowest BCUT2D eigenvalue weighted by Gasteiger charge is -2.20. The van der Waals surface area contributed by atoms with E-state index in [2.05, 4.69) is 23.9 Å². The molecule has 1 aliphatic carbocycles. The monoisotopic (exact) mass is 384 g/mol. The fourth-order valence-electron chi connectivity index (χ4n) is 4.42. The maximum absolute atomic E-state index is 14.7. The van der Waals surface area contributed by atoms with Crippen molar-refractivity contribution in [3.63, 3.8) is 0 Å². The molecule has 1 saturated carbocycles. The summed E-state index contributed by atoms with van der Waals surface area (Å²) in [7, 11) is 1.93. The molecular weight excluding hydrogens is 358 g/mol. The average Bonchev–Trinajstić information content (AvgIpc) is 3.17. The Labute approximate surface area is 164 Å². The Morgan fingerprint density at radius 2 is 2.07 bits per heavy atom. The van der Waals surface area contributed by atoms with Gasteiger partial charge in [-0.1, -0.05) is 19.9 Å². The summed E-state index contributed by atoms with van der Waals surface area (Å²) < 4.78 is 31.1. The Morgan fingerprint density at radius 3 is 2.75 bits per heavy atom. The summed E-state index contributed by atoms with van der Waals surface area (Å²) >= 11 is 0. The highest BCUT2D eigenvalue weighted by atomic mass is 19.1. The molecule has 3 rings (SSSR count). The first-order chi connectivity index (χ1) is 13.3. The summed E-state index contributed by atoms with van der Waals surface area (Å²) in [4.78, 5) is 3.58. The van der Waals surface area contributed by atoms with Crippen LogP contribution in [0.15, 0.2) is 35.5 Å². The van der Waals surface area contributed by atoms with Gasteiger partial charge < -0.3 is 0 Å². The number of benzene rings is 1. The lowest BCUT2D eigenvalue weighted by molar-refractivity contribution is 0.358. The molecule has 1 aliphatic rings. The Kier molecular flexibility index (Phi) is 5.87. The Morgan fingerprint density at radius 1 is 1.29 bits per heavy atom. The maximum Gasteiger partial charge on any atom is 0.130 e. The average molecular weight is 384 g/mol. The molecule has 0 spiro atoms. The highest BCUT2D eigenvalue weighted by Crippen LogP contribution is 2.51. The van der Waals surface area contributed by atoms with Crippen molar-refractivity contribution in [2.24, 2.45) is 23.4 Å². The van der Waals surface area contributed by atoms with Crippen LogP contribution in [-0.4, -0.2) is 22.3 Å². The SMILES string of the molecule is Cn1nccc1C1CC(C)(C)CC1Cc1cc(F)c(/C=C/C=N\C=N)cc1F. The minimum atomic E-state index is -0.453. The van der Waals surface area contributed by atoms with E-state index in [1.807, 2.05) is 17.8 Å². The molecule has 4 nitrogen and oxygen atoms in total. The molecule has 1 fully saturated rings. The van der Waals surface area contributed by atoms with Crippen molar-refractivity contribution in [2.75, 3.05) is 0 Å². The minimum absolute atomic E-state index is 0.158. The molecule has 1 N–H and O–H groups in total. The van der Waals surface area contributed by atoms with Gasteiger partial charge in [-0.3, -0.25) is 10.1 Å². The van der Waals surface area contributed by atoms with Crippen LogP contribution in [0.5, 0.6) is 0 Å². The summed E-state index contributed by atoms with van der Waals surface area (Å²) in [5.74, 6) is -0.328. The van der Waals surface area contributed by atoms with Gasteiger partial charge in [-0.25, -0.2) is 13.8 Å². The van der Waals surface area contributed by atoms with Gasteiger partial charge in [0.05, 0.1) is 0 Å². The van der Waals surface area contributed by atoms with Crippen LogP contribution in [0.1, 0.15) is 49.4 Å². The summed E-state index contributed by atoms with van der Waals surface area (Å²) in [6, 6.07) is 4.58. The molecule has 0 saturated heterocycles. The molecule has 1 heterocycles. The van der Waals surface area contributed by atoms with Crippen molar-refractivity contribution >= 4 is 18.6 Å². The lowest BCUT2D eigenvalue weighted by Crippen LogP contribution is -2.14. The third kappa shape index (κ3) is 4.43. The second kappa shape index (κ2) is 8.17. The van der Waals surface area contributed by atoms with E-state index in [1.165, 1.54) is 30.5 Å². The predicted octanol–water partition coefficient (Wildman–Crippen LogP) is 5.15. The number of rotatable bonds is 6. The molecule has 6 heteroatoms. The smallest absolute Gasteiger partial charge is 0.130 e. The van der Waals surface area contributed by atoms with E-state index < -0.39 is 11.6 Å². The second-order valence-electron chi connectivity index (χ2n) is 8.27. The quantitative estimate of drug-likeness (QED) is 0.543. The fourth-order valence-corrected chi connectivity index (χ4v) is 4.42. The zero-order chi connectivity index (χ0) is 20.3. The maximum atomic E-state index is 14.7. The Hall–Kier alpha value is -2.63. The molecule has 148 valence electrons. The van der Waals surface area contributed by atoms with E-state index >= 15 is 0 Å². The molecule has 0 radical (unpaired) electrons. The van der Waals surface area contributed by atoms with Gasteiger partial charge in [0, 0.05) is 36.6 Å². The normalized spacial score (nSPS) is 21.8. The van der Waals surface area contributed by atoms with E-state index in [0.717, 1.165) is 24.9 Å². The van der Waals surface area contributed by atoms with E-state index in [1.54, 1.807) is 6.20 Å². The minimum Gasteiger partial charge on any atom is -0.290 e. The van der Waals surface area contributed by atoms with Crippen LogP contribution in [0.25, 0.3) is 6.08 Å². The number of aliphatic imine (C=N–C) groups is 1. The van der Waals surface area contributed by atoms with Gasteiger partial charge in [-0.2, -0.15) is 5.10 Å². The van der Waals surface area contributed by atoms with Crippen LogP contribution in [0.2, 0.25) is 0 Å². The highest BCUT2D eigenvalue weighted by Gasteiger charge is 2.41. The van der Waals surface area contributed by atoms with Crippen molar-refractivity contribution in [3.8, 4) is 0 Å². The Bertz CT molecular complexity index is 911. The van der Waals surface area contributed by atoms with Crippen LogP contribution in [0.4, 0.5) is 8.78 Å². The van der Waals surface area contributed by atoms with Gasteiger partial charge in [-0.15, -0.1) is 0 Å². The van der Waals surface area contributed by atoms with Crippen LogP contribution >= 0.6 is 0 Å². The fraction of sp³-hybridized carbons (Fsp3) is 0.409. The van der Waals surface area contributed by atoms with E-state index in [0.29, 0.717) is 12.0 Å². The summed E-state index contributed by atoms with van der Waals surface area (Å²) in [6.07, 6.45) is 9.44.